The molecule has 0 saturated carbocycles. The van der Waals surface area contributed by atoms with E-state index in [9.17, 15) is 14.4 Å². The van der Waals surface area contributed by atoms with Gasteiger partial charge in [-0.05, 0) is 6.42 Å². The first-order chi connectivity index (χ1) is 12.3. The van der Waals surface area contributed by atoms with E-state index in [4.69, 9.17) is 19.4 Å². The molecule has 3 atom stereocenters. The van der Waals surface area contributed by atoms with Crippen LogP contribution in [0.5, 0.6) is 0 Å². The van der Waals surface area contributed by atoms with Crippen LogP contribution >= 0.6 is 0 Å². The van der Waals surface area contributed by atoms with Crippen molar-refractivity contribution in [3.63, 3.8) is 0 Å². The SMILES string of the molecule is C=CCc1cn([C@@H]2O[C@H](COC(C)=O)C[C@H]2OC(C)=O)c(=O)nc1NO. The van der Waals surface area contributed by atoms with E-state index in [0.717, 1.165) is 0 Å². The van der Waals surface area contributed by atoms with Crippen molar-refractivity contribution in [2.75, 3.05) is 12.1 Å². The Bertz CT molecular complexity index is 746. The summed E-state index contributed by atoms with van der Waals surface area (Å²) in [5.41, 5.74) is 1.66. The molecule has 10 heteroatoms. The summed E-state index contributed by atoms with van der Waals surface area (Å²) in [6.07, 6.45) is 1.38. The molecule has 2 heterocycles. The van der Waals surface area contributed by atoms with Crippen molar-refractivity contribution in [2.24, 2.45) is 0 Å². The molecule has 1 aliphatic rings. The molecule has 1 aromatic heterocycles. The smallest absolute Gasteiger partial charge is 0.351 e. The fourth-order valence-electron chi connectivity index (χ4n) is 2.69. The first-order valence-corrected chi connectivity index (χ1v) is 7.94. The molecule has 10 nitrogen and oxygen atoms in total. The third-order valence-electron chi connectivity index (χ3n) is 3.71. The van der Waals surface area contributed by atoms with Gasteiger partial charge in [-0.2, -0.15) is 4.98 Å². The molecule has 1 aromatic rings. The summed E-state index contributed by atoms with van der Waals surface area (Å²) < 4.78 is 17.1. The molecule has 26 heavy (non-hydrogen) atoms. The first-order valence-electron chi connectivity index (χ1n) is 7.94. The van der Waals surface area contributed by atoms with Gasteiger partial charge in [0, 0.05) is 32.0 Å². The third kappa shape index (κ3) is 4.67. The van der Waals surface area contributed by atoms with E-state index in [1.165, 1.54) is 24.6 Å². The number of hydrogen-bond acceptors (Lipinski definition) is 9. The Morgan fingerprint density at radius 2 is 2.23 bits per heavy atom. The maximum absolute atomic E-state index is 12.3. The fourth-order valence-corrected chi connectivity index (χ4v) is 2.69. The number of anilines is 1. The second-order valence-corrected chi connectivity index (χ2v) is 5.74. The average Bonchev–Trinajstić information content (AvgIpc) is 2.96. The number of hydrogen-bond donors (Lipinski definition) is 2. The lowest BCUT2D eigenvalue weighted by Crippen LogP contribution is -2.34. The van der Waals surface area contributed by atoms with Gasteiger partial charge in [-0.3, -0.25) is 24.8 Å². The summed E-state index contributed by atoms with van der Waals surface area (Å²) in [6.45, 7) is 6.11. The lowest BCUT2D eigenvalue weighted by atomic mass is 10.2. The highest BCUT2D eigenvalue weighted by molar-refractivity contribution is 5.66. The van der Waals surface area contributed by atoms with Crippen molar-refractivity contribution in [3.05, 3.63) is 34.9 Å². The fraction of sp³-hybridized carbons (Fsp3) is 0.500. The molecule has 0 amide bonds. The van der Waals surface area contributed by atoms with Crippen molar-refractivity contribution in [1.29, 1.82) is 0 Å². The zero-order valence-corrected chi connectivity index (χ0v) is 14.5. The van der Waals surface area contributed by atoms with Crippen molar-refractivity contribution in [3.8, 4) is 0 Å². The monoisotopic (exact) mass is 367 g/mol. The minimum absolute atomic E-state index is 0.00430. The van der Waals surface area contributed by atoms with Crippen LogP contribution in [0.4, 0.5) is 5.82 Å². The number of ether oxygens (including phenoxy) is 3. The minimum Gasteiger partial charge on any atom is -0.463 e. The molecule has 0 aromatic carbocycles. The van der Waals surface area contributed by atoms with Crippen molar-refractivity contribution >= 4 is 17.8 Å². The molecule has 142 valence electrons. The Labute approximate surface area is 149 Å². The van der Waals surface area contributed by atoms with Crippen LogP contribution in [0.1, 0.15) is 32.1 Å². The largest absolute Gasteiger partial charge is 0.463 e. The van der Waals surface area contributed by atoms with Gasteiger partial charge in [-0.25, -0.2) is 4.79 Å². The summed E-state index contributed by atoms with van der Waals surface area (Å²) in [7, 11) is 0. The number of esters is 2. The molecule has 0 aliphatic carbocycles. The van der Waals surface area contributed by atoms with Gasteiger partial charge in [0.25, 0.3) is 0 Å². The molecule has 1 aliphatic heterocycles. The Morgan fingerprint density at radius 3 is 2.81 bits per heavy atom. The van der Waals surface area contributed by atoms with E-state index in [1.807, 2.05) is 5.48 Å². The number of nitrogens with zero attached hydrogens (tertiary/aromatic N) is 2. The van der Waals surface area contributed by atoms with Crippen LogP contribution in [-0.2, 0) is 30.2 Å². The van der Waals surface area contributed by atoms with Gasteiger partial charge < -0.3 is 14.2 Å². The summed E-state index contributed by atoms with van der Waals surface area (Å²) in [6, 6.07) is 0. The van der Waals surface area contributed by atoms with Gasteiger partial charge in [0.2, 0.25) is 0 Å². The van der Waals surface area contributed by atoms with Crippen LogP contribution in [0.3, 0.4) is 0 Å². The highest BCUT2D eigenvalue weighted by Gasteiger charge is 2.40. The highest BCUT2D eigenvalue weighted by atomic mass is 16.6. The van der Waals surface area contributed by atoms with E-state index in [0.29, 0.717) is 12.0 Å². The van der Waals surface area contributed by atoms with Crippen LogP contribution in [0, 0.1) is 0 Å². The van der Waals surface area contributed by atoms with Crippen LogP contribution in [0.2, 0.25) is 0 Å². The summed E-state index contributed by atoms with van der Waals surface area (Å²) in [5.74, 6) is -0.992. The number of carbonyl (C=O) groups excluding carboxylic acids is 2. The predicted molar refractivity (Wildman–Crippen MR) is 88.5 cm³/mol. The van der Waals surface area contributed by atoms with E-state index in [-0.39, 0.29) is 18.8 Å². The lowest BCUT2D eigenvalue weighted by molar-refractivity contribution is -0.153. The predicted octanol–water partition coefficient (Wildman–Crippen LogP) is 0.555. The van der Waals surface area contributed by atoms with Gasteiger partial charge in [0.05, 0.1) is 6.10 Å². The van der Waals surface area contributed by atoms with E-state index in [2.05, 4.69) is 11.6 Å². The molecule has 1 saturated heterocycles. The number of nitrogens with one attached hydrogen (secondary N) is 1. The molecule has 0 radical (unpaired) electrons. The molecule has 0 bridgehead atoms. The van der Waals surface area contributed by atoms with Crippen LogP contribution in [0.25, 0.3) is 0 Å². The van der Waals surface area contributed by atoms with Crippen LogP contribution in [-0.4, -0.2) is 45.5 Å². The average molecular weight is 367 g/mol. The molecular formula is C16H21N3O7. The minimum atomic E-state index is -0.934. The number of aromatic nitrogens is 2. The Morgan fingerprint density at radius 1 is 1.50 bits per heavy atom. The second kappa shape index (κ2) is 8.59. The molecule has 2 rings (SSSR count). The van der Waals surface area contributed by atoms with Gasteiger partial charge in [0.1, 0.15) is 12.7 Å². The molecule has 0 unspecified atom stereocenters. The van der Waals surface area contributed by atoms with Crippen molar-refractivity contribution in [2.45, 2.75) is 45.1 Å². The van der Waals surface area contributed by atoms with Gasteiger partial charge in [-0.15, -0.1) is 6.58 Å². The Balaban J connectivity index is 2.34. The second-order valence-electron chi connectivity index (χ2n) is 5.74. The van der Waals surface area contributed by atoms with Crippen LogP contribution in [0.15, 0.2) is 23.6 Å². The number of carbonyl (C=O) groups is 2. The maximum atomic E-state index is 12.3. The van der Waals surface area contributed by atoms with E-state index in [1.54, 1.807) is 6.08 Å². The number of allylic oxidation sites excluding steroid dienone is 1. The maximum Gasteiger partial charge on any atom is 0.351 e. The van der Waals surface area contributed by atoms with E-state index < -0.39 is 36.1 Å². The third-order valence-corrected chi connectivity index (χ3v) is 3.71. The standard InChI is InChI=1S/C16H21N3O7/c1-4-5-11-7-19(16(22)17-14(11)18-23)15-13(25-10(3)21)6-12(26-15)8-24-9(2)20/h4,7,12-13,15,23H,1,5-6,8H2,2-3H3,(H,17,18,22)/t12-,13+,15+/m0/s1. The molecule has 2 N–H and O–H groups in total. The van der Waals surface area contributed by atoms with Crippen molar-refractivity contribution < 1.29 is 29.0 Å². The highest BCUT2D eigenvalue weighted by Crippen LogP contribution is 2.31. The van der Waals surface area contributed by atoms with Gasteiger partial charge in [0.15, 0.2) is 12.0 Å². The van der Waals surface area contributed by atoms with Gasteiger partial charge in [-0.1, -0.05) is 6.08 Å². The molecular weight excluding hydrogens is 346 g/mol. The zero-order chi connectivity index (χ0) is 19.3. The summed E-state index contributed by atoms with van der Waals surface area (Å²) in [4.78, 5) is 38.4. The van der Waals surface area contributed by atoms with E-state index >= 15 is 0 Å². The molecule has 1 fully saturated rings. The molecule has 0 spiro atoms. The Hall–Kier alpha value is -2.72. The van der Waals surface area contributed by atoms with Gasteiger partial charge >= 0.3 is 17.6 Å². The summed E-state index contributed by atoms with van der Waals surface area (Å²) in [5, 5.41) is 9.12. The quantitative estimate of drug-likeness (QED) is 0.403. The summed E-state index contributed by atoms with van der Waals surface area (Å²) >= 11 is 0. The zero-order valence-electron chi connectivity index (χ0n) is 14.5. The topological polar surface area (TPSA) is 129 Å². The van der Waals surface area contributed by atoms with Crippen LogP contribution < -0.4 is 11.2 Å². The normalized spacial score (nSPS) is 21.9. The first kappa shape index (κ1) is 19.6. The number of rotatable bonds is 7. The lowest BCUT2D eigenvalue weighted by Gasteiger charge is -2.21. The Kier molecular flexibility index (Phi) is 6.47. The van der Waals surface area contributed by atoms with Crippen molar-refractivity contribution in [1.82, 2.24) is 9.55 Å².